The molecular formula is C15H21ClN4O. The molecule has 1 saturated heterocycles. The van der Waals surface area contributed by atoms with E-state index in [1.54, 1.807) is 13.0 Å². The summed E-state index contributed by atoms with van der Waals surface area (Å²) in [5.41, 5.74) is 1.52. The minimum atomic E-state index is -0.153. The Bertz CT molecular complexity index is 524. The van der Waals surface area contributed by atoms with Crippen molar-refractivity contribution >= 4 is 35.6 Å². The Hall–Kier alpha value is -2.01. The van der Waals surface area contributed by atoms with Gasteiger partial charge in [0.2, 0.25) is 5.91 Å². The monoisotopic (exact) mass is 308 g/mol. The zero-order valence-corrected chi connectivity index (χ0v) is 12.9. The van der Waals surface area contributed by atoms with Crippen molar-refractivity contribution in [1.82, 2.24) is 4.90 Å². The fraction of sp³-hybridized carbons (Fsp3) is 0.333. The highest BCUT2D eigenvalue weighted by Gasteiger charge is 2.14. The van der Waals surface area contributed by atoms with Crippen molar-refractivity contribution in [2.75, 3.05) is 23.7 Å². The number of nitrogens with zero attached hydrogens (tertiary/aromatic N) is 1. The quantitative estimate of drug-likeness (QED) is 0.457. The Labute approximate surface area is 131 Å². The maximum atomic E-state index is 11.5. The summed E-state index contributed by atoms with van der Waals surface area (Å²) in [5, 5.41) is 13.9. The molecule has 0 aromatic heterocycles. The van der Waals surface area contributed by atoms with E-state index in [1.807, 2.05) is 29.2 Å². The summed E-state index contributed by atoms with van der Waals surface area (Å²) in [6, 6.07) is 7.39. The van der Waals surface area contributed by atoms with Gasteiger partial charge < -0.3 is 15.5 Å². The summed E-state index contributed by atoms with van der Waals surface area (Å²) in [6.45, 7) is 3.67. The van der Waals surface area contributed by atoms with Gasteiger partial charge in [-0.1, -0.05) is 12.1 Å². The van der Waals surface area contributed by atoms with Crippen molar-refractivity contribution in [1.29, 1.82) is 5.41 Å². The molecule has 21 heavy (non-hydrogen) atoms. The van der Waals surface area contributed by atoms with Crippen molar-refractivity contribution in [3.8, 4) is 0 Å². The molecule has 0 spiro atoms. The van der Waals surface area contributed by atoms with Crippen LogP contribution in [0.5, 0.6) is 0 Å². The highest BCUT2D eigenvalue weighted by Crippen LogP contribution is 2.16. The van der Waals surface area contributed by atoms with E-state index in [0.717, 1.165) is 31.6 Å². The Morgan fingerprint density at radius 2 is 1.86 bits per heavy atom. The number of guanidine groups is 1. The Morgan fingerprint density at radius 1 is 1.24 bits per heavy atom. The van der Waals surface area contributed by atoms with Gasteiger partial charge in [0, 0.05) is 24.5 Å². The lowest BCUT2D eigenvalue weighted by molar-refractivity contribution is -0.111. The molecule has 1 fully saturated rings. The fourth-order valence-corrected chi connectivity index (χ4v) is 2.17. The standard InChI is InChI=1S/C15H20N4O.ClH/c1-2-6-14(20)17-12-7-5-8-13(11-12)18-15(16)19-9-3-4-10-19;/h2,5-8,11H,3-4,9-10H2,1H3,(H2,16,18)(H,17,20);1H/b6-2-;. The van der Waals surface area contributed by atoms with Gasteiger partial charge in [-0.05, 0) is 44.0 Å². The van der Waals surface area contributed by atoms with Gasteiger partial charge in [0.25, 0.3) is 0 Å². The first kappa shape index (κ1) is 17.0. The van der Waals surface area contributed by atoms with Gasteiger partial charge in [0.05, 0.1) is 0 Å². The fourth-order valence-electron chi connectivity index (χ4n) is 2.17. The number of carbonyl (C=O) groups excluding carboxylic acids is 1. The van der Waals surface area contributed by atoms with Gasteiger partial charge >= 0.3 is 0 Å². The van der Waals surface area contributed by atoms with E-state index >= 15 is 0 Å². The molecule has 0 saturated carbocycles. The molecule has 5 nitrogen and oxygen atoms in total. The highest BCUT2D eigenvalue weighted by molar-refractivity contribution is 6.00. The third kappa shape index (κ3) is 5.11. The molecule has 1 aliphatic rings. The molecule has 1 aromatic rings. The van der Waals surface area contributed by atoms with E-state index in [0.29, 0.717) is 11.6 Å². The number of nitrogens with one attached hydrogen (secondary N) is 3. The van der Waals surface area contributed by atoms with Crippen LogP contribution < -0.4 is 10.6 Å². The predicted molar refractivity (Wildman–Crippen MR) is 89.3 cm³/mol. The first-order chi connectivity index (χ1) is 9.69. The molecule has 6 heteroatoms. The van der Waals surface area contributed by atoms with Crippen LogP contribution in [0.3, 0.4) is 0 Å². The van der Waals surface area contributed by atoms with Gasteiger partial charge in [0.1, 0.15) is 0 Å². The molecule has 1 aliphatic heterocycles. The predicted octanol–water partition coefficient (Wildman–Crippen LogP) is 3.07. The van der Waals surface area contributed by atoms with Crippen LogP contribution in [0.2, 0.25) is 0 Å². The van der Waals surface area contributed by atoms with Crippen molar-refractivity contribution in [2.24, 2.45) is 0 Å². The van der Waals surface area contributed by atoms with E-state index < -0.39 is 0 Å². The normalized spacial score (nSPS) is 13.9. The number of rotatable bonds is 3. The van der Waals surface area contributed by atoms with Crippen LogP contribution in [0.25, 0.3) is 0 Å². The van der Waals surface area contributed by atoms with Crippen LogP contribution in [0, 0.1) is 5.41 Å². The minimum Gasteiger partial charge on any atom is -0.343 e. The van der Waals surface area contributed by atoms with E-state index in [2.05, 4.69) is 10.6 Å². The Kier molecular flexibility index (Phi) is 6.75. The Balaban J connectivity index is 0.00000220. The van der Waals surface area contributed by atoms with Gasteiger partial charge in [-0.25, -0.2) is 0 Å². The van der Waals surface area contributed by atoms with Crippen LogP contribution in [0.4, 0.5) is 11.4 Å². The van der Waals surface area contributed by atoms with Crippen molar-refractivity contribution < 1.29 is 4.79 Å². The molecule has 3 N–H and O–H groups in total. The molecule has 0 unspecified atom stereocenters. The van der Waals surface area contributed by atoms with Crippen LogP contribution in [0.1, 0.15) is 19.8 Å². The van der Waals surface area contributed by atoms with Gasteiger partial charge in [-0.15, -0.1) is 12.4 Å². The van der Waals surface area contributed by atoms with E-state index in [4.69, 9.17) is 5.41 Å². The average Bonchev–Trinajstić information content (AvgIpc) is 2.93. The summed E-state index contributed by atoms with van der Waals surface area (Å²) >= 11 is 0. The second-order valence-corrected chi connectivity index (χ2v) is 4.74. The number of benzene rings is 1. The third-order valence-corrected chi connectivity index (χ3v) is 3.13. The van der Waals surface area contributed by atoms with E-state index in [1.165, 1.54) is 6.08 Å². The van der Waals surface area contributed by atoms with Crippen LogP contribution >= 0.6 is 12.4 Å². The lowest BCUT2D eigenvalue weighted by Gasteiger charge is -2.19. The summed E-state index contributed by atoms with van der Waals surface area (Å²) in [6.07, 6.45) is 5.46. The summed E-state index contributed by atoms with van der Waals surface area (Å²) in [7, 11) is 0. The van der Waals surface area contributed by atoms with Gasteiger partial charge in [-0.2, -0.15) is 0 Å². The largest absolute Gasteiger partial charge is 0.343 e. The molecule has 1 aromatic carbocycles. The average molecular weight is 309 g/mol. The highest BCUT2D eigenvalue weighted by atomic mass is 35.5. The SMILES string of the molecule is C/C=C\C(=O)Nc1cccc(NC(=N)N2CCCC2)c1.Cl. The van der Waals surface area contributed by atoms with E-state index in [-0.39, 0.29) is 18.3 Å². The number of halogens is 1. The number of carbonyl (C=O) groups is 1. The van der Waals surface area contributed by atoms with Crippen molar-refractivity contribution in [3.63, 3.8) is 0 Å². The third-order valence-electron chi connectivity index (χ3n) is 3.13. The smallest absolute Gasteiger partial charge is 0.248 e. The summed E-state index contributed by atoms with van der Waals surface area (Å²) < 4.78 is 0. The zero-order chi connectivity index (χ0) is 14.4. The van der Waals surface area contributed by atoms with Crippen molar-refractivity contribution in [2.45, 2.75) is 19.8 Å². The topological polar surface area (TPSA) is 68.2 Å². The maximum absolute atomic E-state index is 11.5. The lowest BCUT2D eigenvalue weighted by Crippen LogP contribution is -2.32. The van der Waals surface area contributed by atoms with Gasteiger partial charge in [0.15, 0.2) is 5.96 Å². The first-order valence-electron chi connectivity index (χ1n) is 6.83. The number of hydrogen-bond donors (Lipinski definition) is 3. The molecule has 0 bridgehead atoms. The second-order valence-electron chi connectivity index (χ2n) is 4.74. The number of hydrogen-bond acceptors (Lipinski definition) is 2. The number of amides is 1. The van der Waals surface area contributed by atoms with Crippen molar-refractivity contribution in [3.05, 3.63) is 36.4 Å². The lowest BCUT2D eigenvalue weighted by atomic mass is 10.2. The molecule has 2 rings (SSSR count). The molecule has 0 aliphatic carbocycles. The molecular weight excluding hydrogens is 288 g/mol. The summed E-state index contributed by atoms with van der Waals surface area (Å²) in [4.78, 5) is 13.5. The zero-order valence-electron chi connectivity index (χ0n) is 12.1. The molecule has 0 radical (unpaired) electrons. The molecule has 114 valence electrons. The number of likely N-dealkylation sites (tertiary alicyclic amines) is 1. The summed E-state index contributed by atoms with van der Waals surface area (Å²) in [5.74, 6) is 0.263. The maximum Gasteiger partial charge on any atom is 0.248 e. The Morgan fingerprint density at radius 3 is 2.48 bits per heavy atom. The van der Waals surface area contributed by atoms with Crippen LogP contribution in [-0.2, 0) is 4.79 Å². The molecule has 0 atom stereocenters. The van der Waals surface area contributed by atoms with Gasteiger partial charge in [-0.3, -0.25) is 10.2 Å². The number of anilines is 2. The van der Waals surface area contributed by atoms with E-state index in [9.17, 15) is 4.79 Å². The molecule has 1 amide bonds. The second kappa shape index (κ2) is 8.32. The minimum absolute atomic E-state index is 0. The molecule has 1 heterocycles. The first-order valence-corrected chi connectivity index (χ1v) is 6.83. The number of allylic oxidation sites excluding steroid dienone is 1. The van der Waals surface area contributed by atoms with Crippen LogP contribution in [-0.4, -0.2) is 29.9 Å². The van der Waals surface area contributed by atoms with Crippen LogP contribution in [0.15, 0.2) is 36.4 Å².